The Labute approximate surface area is 141 Å². The van der Waals surface area contributed by atoms with Crippen LogP contribution in [0.2, 0.25) is 0 Å². The highest BCUT2D eigenvalue weighted by molar-refractivity contribution is 5.84. The number of guanidine groups is 1. The number of likely N-dealkylation sites (N-methyl/N-ethyl adjacent to an activating group) is 1. The SMILES string of the molecule is CCC(C)NC(=NCC(=O)N(C)C)NCCCC1CCCCO1. The van der Waals surface area contributed by atoms with Crippen molar-refractivity contribution in [3.05, 3.63) is 0 Å². The van der Waals surface area contributed by atoms with E-state index >= 15 is 0 Å². The smallest absolute Gasteiger partial charge is 0.243 e. The maximum absolute atomic E-state index is 11.7. The number of carbonyl (C=O) groups excluding carboxylic acids is 1. The summed E-state index contributed by atoms with van der Waals surface area (Å²) in [6.07, 6.45) is 7.23. The summed E-state index contributed by atoms with van der Waals surface area (Å²) in [5.41, 5.74) is 0. The van der Waals surface area contributed by atoms with Gasteiger partial charge in [0.25, 0.3) is 0 Å². The van der Waals surface area contributed by atoms with Crippen molar-refractivity contribution < 1.29 is 9.53 Å². The summed E-state index contributed by atoms with van der Waals surface area (Å²) in [6, 6.07) is 0.331. The molecule has 1 rings (SSSR count). The number of nitrogens with one attached hydrogen (secondary N) is 2. The van der Waals surface area contributed by atoms with Gasteiger partial charge in [-0.2, -0.15) is 0 Å². The quantitative estimate of drug-likeness (QED) is 0.405. The van der Waals surface area contributed by atoms with Gasteiger partial charge in [-0.15, -0.1) is 0 Å². The molecular formula is C17H34N4O2. The topological polar surface area (TPSA) is 66.0 Å². The van der Waals surface area contributed by atoms with Crippen LogP contribution in [0.5, 0.6) is 0 Å². The van der Waals surface area contributed by atoms with Crippen LogP contribution in [0.25, 0.3) is 0 Å². The van der Waals surface area contributed by atoms with Gasteiger partial charge < -0.3 is 20.3 Å². The molecule has 2 N–H and O–H groups in total. The molecule has 134 valence electrons. The summed E-state index contributed by atoms with van der Waals surface area (Å²) in [5, 5.41) is 6.67. The second kappa shape index (κ2) is 11.3. The Bertz CT molecular complexity index is 366. The van der Waals surface area contributed by atoms with Crippen molar-refractivity contribution in [2.24, 2.45) is 4.99 Å². The van der Waals surface area contributed by atoms with Crippen LogP contribution in [0.4, 0.5) is 0 Å². The van der Waals surface area contributed by atoms with Crippen LogP contribution in [-0.4, -0.2) is 62.7 Å². The average Bonchev–Trinajstić information content (AvgIpc) is 2.56. The zero-order chi connectivity index (χ0) is 17.1. The Kier molecular flexibility index (Phi) is 9.67. The number of hydrogen-bond acceptors (Lipinski definition) is 3. The molecule has 0 saturated carbocycles. The van der Waals surface area contributed by atoms with E-state index in [1.54, 1.807) is 19.0 Å². The fourth-order valence-corrected chi connectivity index (χ4v) is 2.35. The van der Waals surface area contributed by atoms with Gasteiger partial charge in [0.05, 0.1) is 6.10 Å². The monoisotopic (exact) mass is 326 g/mol. The van der Waals surface area contributed by atoms with Crippen LogP contribution in [-0.2, 0) is 9.53 Å². The molecule has 6 nitrogen and oxygen atoms in total. The summed E-state index contributed by atoms with van der Waals surface area (Å²) in [5.74, 6) is 0.727. The number of aliphatic imine (C=N–C) groups is 1. The van der Waals surface area contributed by atoms with Crippen molar-refractivity contribution in [3.8, 4) is 0 Å². The predicted octanol–water partition coefficient (Wildman–Crippen LogP) is 1.76. The molecule has 1 saturated heterocycles. The number of carbonyl (C=O) groups is 1. The first-order valence-electron chi connectivity index (χ1n) is 8.89. The lowest BCUT2D eigenvalue weighted by Crippen LogP contribution is -2.43. The van der Waals surface area contributed by atoms with Crippen molar-refractivity contribution in [1.29, 1.82) is 0 Å². The van der Waals surface area contributed by atoms with Crippen molar-refractivity contribution in [1.82, 2.24) is 15.5 Å². The normalized spacial score (nSPS) is 20.0. The highest BCUT2D eigenvalue weighted by Crippen LogP contribution is 2.16. The molecule has 0 aromatic carbocycles. The van der Waals surface area contributed by atoms with Crippen LogP contribution in [0.15, 0.2) is 4.99 Å². The molecule has 0 aromatic heterocycles. The van der Waals surface area contributed by atoms with E-state index < -0.39 is 0 Å². The third-order valence-corrected chi connectivity index (χ3v) is 4.14. The second-order valence-electron chi connectivity index (χ2n) is 6.46. The second-order valence-corrected chi connectivity index (χ2v) is 6.46. The van der Waals surface area contributed by atoms with Crippen molar-refractivity contribution in [3.63, 3.8) is 0 Å². The highest BCUT2D eigenvalue weighted by Gasteiger charge is 2.13. The molecule has 6 heteroatoms. The minimum absolute atomic E-state index is 0.00542. The van der Waals surface area contributed by atoms with Gasteiger partial charge in [0, 0.05) is 33.3 Å². The van der Waals surface area contributed by atoms with E-state index in [1.807, 2.05) is 0 Å². The molecule has 0 spiro atoms. The largest absolute Gasteiger partial charge is 0.378 e. The van der Waals surface area contributed by atoms with Gasteiger partial charge in [0.15, 0.2) is 5.96 Å². The average molecular weight is 326 g/mol. The molecule has 1 aliphatic heterocycles. The minimum atomic E-state index is 0.00542. The van der Waals surface area contributed by atoms with E-state index in [1.165, 1.54) is 19.3 Å². The first-order valence-corrected chi connectivity index (χ1v) is 8.89. The van der Waals surface area contributed by atoms with Crippen LogP contribution in [0.3, 0.4) is 0 Å². The fraction of sp³-hybridized carbons (Fsp3) is 0.882. The maximum Gasteiger partial charge on any atom is 0.243 e. The number of rotatable bonds is 8. The van der Waals surface area contributed by atoms with E-state index in [0.29, 0.717) is 12.1 Å². The van der Waals surface area contributed by atoms with Crippen molar-refractivity contribution in [2.45, 2.75) is 64.5 Å². The Morgan fingerprint density at radius 1 is 1.39 bits per heavy atom. The van der Waals surface area contributed by atoms with Crippen LogP contribution in [0, 0.1) is 0 Å². The molecule has 1 amide bonds. The molecule has 2 atom stereocenters. The standard InChI is InChI=1S/C17H34N4O2/c1-5-14(2)20-17(19-13-16(22)21(3)4)18-11-8-10-15-9-6-7-12-23-15/h14-15H,5-13H2,1-4H3,(H2,18,19,20). The van der Waals surface area contributed by atoms with Gasteiger partial charge in [-0.1, -0.05) is 6.92 Å². The Hall–Kier alpha value is -1.30. The van der Waals surface area contributed by atoms with Gasteiger partial charge >= 0.3 is 0 Å². The Morgan fingerprint density at radius 2 is 2.17 bits per heavy atom. The predicted molar refractivity (Wildman–Crippen MR) is 94.7 cm³/mol. The zero-order valence-electron chi connectivity index (χ0n) is 15.2. The summed E-state index contributed by atoms with van der Waals surface area (Å²) < 4.78 is 5.75. The van der Waals surface area contributed by atoms with Crippen LogP contribution >= 0.6 is 0 Å². The summed E-state index contributed by atoms with van der Waals surface area (Å²) in [4.78, 5) is 17.6. The zero-order valence-corrected chi connectivity index (χ0v) is 15.2. The number of ether oxygens (including phenoxy) is 1. The van der Waals surface area contributed by atoms with Gasteiger partial charge in [0.1, 0.15) is 6.54 Å². The van der Waals surface area contributed by atoms with E-state index in [2.05, 4.69) is 29.5 Å². The van der Waals surface area contributed by atoms with Gasteiger partial charge in [0.2, 0.25) is 5.91 Å². The van der Waals surface area contributed by atoms with E-state index in [9.17, 15) is 4.79 Å². The Morgan fingerprint density at radius 3 is 2.78 bits per heavy atom. The lowest BCUT2D eigenvalue weighted by molar-refractivity contribution is -0.127. The van der Waals surface area contributed by atoms with Gasteiger partial charge in [-0.3, -0.25) is 4.79 Å². The molecule has 0 bridgehead atoms. The first kappa shape index (κ1) is 19.7. The lowest BCUT2D eigenvalue weighted by atomic mass is 10.0. The third-order valence-electron chi connectivity index (χ3n) is 4.14. The van der Waals surface area contributed by atoms with Crippen LogP contribution < -0.4 is 10.6 Å². The summed E-state index contributed by atoms with van der Waals surface area (Å²) in [7, 11) is 3.49. The van der Waals surface area contributed by atoms with E-state index in [4.69, 9.17) is 4.74 Å². The van der Waals surface area contributed by atoms with Gasteiger partial charge in [-0.25, -0.2) is 4.99 Å². The Balaban J connectivity index is 2.35. The van der Waals surface area contributed by atoms with Gasteiger partial charge in [-0.05, 0) is 45.4 Å². The minimum Gasteiger partial charge on any atom is -0.378 e. The highest BCUT2D eigenvalue weighted by atomic mass is 16.5. The number of nitrogens with zero attached hydrogens (tertiary/aromatic N) is 2. The van der Waals surface area contributed by atoms with E-state index in [-0.39, 0.29) is 12.5 Å². The molecule has 0 aromatic rings. The molecule has 0 radical (unpaired) electrons. The molecule has 1 heterocycles. The van der Waals surface area contributed by atoms with Crippen molar-refractivity contribution in [2.75, 3.05) is 33.8 Å². The first-order chi connectivity index (χ1) is 11.0. The maximum atomic E-state index is 11.7. The molecule has 0 aliphatic carbocycles. The van der Waals surface area contributed by atoms with Crippen molar-refractivity contribution >= 4 is 11.9 Å². The molecule has 1 aliphatic rings. The molecule has 1 fully saturated rings. The molecular weight excluding hydrogens is 292 g/mol. The van der Waals surface area contributed by atoms with Crippen LogP contribution in [0.1, 0.15) is 52.4 Å². The molecule has 2 unspecified atom stereocenters. The number of amides is 1. The fourth-order valence-electron chi connectivity index (χ4n) is 2.35. The lowest BCUT2D eigenvalue weighted by Gasteiger charge is -2.23. The number of hydrogen-bond donors (Lipinski definition) is 2. The molecule has 23 heavy (non-hydrogen) atoms. The summed E-state index contributed by atoms with van der Waals surface area (Å²) in [6.45, 7) is 6.16. The van der Waals surface area contributed by atoms with E-state index in [0.717, 1.165) is 38.4 Å². The summed E-state index contributed by atoms with van der Waals surface area (Å²) >= 11 is 0. The third kappa shape index (κ3) is 8.79.